The van der Waals surface area contributed by atoms with Crippen molar-refractivity contribution in [1.82, 2.24) is 15.5 Å². The van der Waals surface area contributed by atoms with Crippen molar-refractivity contribution in [2.24, 2.45) is 0 Å². The fourth-order valence-corrected chi connectivity index (χ4v) is 2.45. The third-order valence-corrected chi connectivity index (χ3v) is 3.69. The van der Waals surface area contributed by atoms with Gasteiger partial charge in [0.15, 0.2) is 0 Å². The van der Waals surface area contributed by atoms with Crippen molar-refractivity contribution in [3.8, 4) is 5.75 Å². The number of benzene rings is 1. The van der Waals surface area contributed by atoms with Gasteiger partial charge in [-0.3, -0.25) is 4.79 Å². The first-order chi connectivity index (χ1) is 11.0. The fourth-order valence-electron chi connectivity index (χ4n) is 2.45. The molecule has 1 aromatic rings. The molecule has 1 heterocycles. The molecular formula is C16H24N4O3. The normalized spacial score (nSPS) is 17.5. The lowest BCUT2D eigenvalue weighted by Gasteiger charge is -2.18. The Morgan fingerprint density at radius 3 is 2.65 bits per heavy atom. The van der Waals surface area contributed by atoms with E-state index in [9.17, 15) is 9.59 Å². The summed E-state index contributed by atoms with van der Waals surface area (Å²) in [6.45, 7) is 1.82. The van der Waals surface area contributed by atoms with E-state index in [1.807, 2.05) is 43.3 Å². The molecule has 0 unspecified atom stereocenters. The summed E-state index contributed by atoms with van der Waals surface area (Å²) >= 11 is 0. The van der Waals surface area contributed by atoms with Gasteiger partial charge >= 0.3 is 6.03 Å². The first-order valence-electron chi connectivity index (χ1n) is 7.63. The highest BCUT2D eigenvalue weighted by atomic mass is 16.5. The maximum absolute atomic E-state index is 12.1. The molecule has 23 heavy (non-hydrogen) atoms. The lowest BCUT2D eigenvalue weighted by Crippen LogP contribution is -2.45. The zero-order chi connectivity index (χ0) is 16.8. The van der Waals surface area contributed by atoms with E-state index in [1.165, 1.54) is 0 Å². The average molecular weight is 320 g/mol. The summed E-state index contributed by atoms with van der Waals surface area (Å²) in [5.41, 5.74) is 0.813. The van der Waals surface area contributed by atoms with Gasteiger partial charge in [0.1, 0.15) is 5.75 Å². The molecule has 2 rings (SSSR count). The van der Waals surface area contributed by atoms with E-state index >= 15 is 0 Å². The Morgan fingerprint density at radius 1 is 1.35 bits per heavy atom. The summed E-state index contributed by atoms with van der Waals surface area (Å²) in [7, 11) is 5.49. The first-order valence-corrected chi connectivity index (χ1v) is 7.63. The number of methoxy groups -OCH3 is 1. The van der Waals surface area contributed by atoms with Crippen LogP contribution in [0.2, 0.25) is 0 Å². The van der Waals surface area contributed by atoms with Gasteiger partial charge in [0.25, 0.3) is 0 Å². The molecule has 7 heteroatoms. The lowest BCUT2D eigenvalue weighted by molar-refractivity contribution is -0.117. The summed E-state index contributed by atoms with van der Waals surface area (Å²) in [6.07, 6.45) is 0.313. The van der Waals surface area contributed by atoms with Crippen molar-refractivity contribution in [3.63, 3.8) is 0 Å². The molecule has 0 aliphatic carbocycles. The van der Waals surface area contributed by atoms with Gasteiger partial charge in [-0.05, 0) is 38.4 Å². The molecule has 3 amide bonds. The van der Waals surface area contributed by atoms with E-state index in [1.54, 1.807) is 12.0 Å². The Labute approximate surface area is 136 Å². The number of carbonyl (C=O) groups is 2. The molecule has 1 aromatic carbocycles. The number of urea groups is 1. The van der Waals surface area contributed by atoms with Crippen LogP contribution in [-0.2, 0) is 4.79 Å². The summed E-state index contributed by atoms with van der Waals surface area (Å²) in [6, 6.07) is 6.91. The molecule has 7 nitrogen and oxygen atoms in total. The second kappa shape index (κ2) is 7.82. The van der Waals surface area contributed by atoms with Gasteiger partial charge < -0.3 is 25.2 Å². The van der Waals surface area contributed by atoms with E-state index in [0.717, 1.165) is 18.0 Å². The fraction of sp³-hybridized carbons (Fsp3) is 0.500. The number of ether oxygens (including phenoxy) is 1. The predicted molar refractivity (Wildman–Crippen MR) is 88.8 cm³/mol. The topological polar surface area (TPSA) is 73.9 Å². The Kier molecular flexibility index (Phi) is 5.81. The number of likely N-dealkylation sites (N-methyl/N-ethyl adjacent to an activating group) is 1. The minimum Gasteiger partial charge on any atom is -0.497 e. The molecule has 126 valence electrons. The highest BCUT2D eigenvalue weighted by Gasteiger charge is 2.31. The second-order valence-corrected chi connectivity index (χ2v) is 5.81. The standard InChI is InChI=1S/C16H24N4O3/c1-19(2)9-8-17-16(22)18-12-10-15(21)20(11-12)13-4-6-14(23-3)7-5-13/h4-7,12H,8-11H2,1-3H3,(H2,17,18,22)/t12-/m0/s1. The minimum atomic E-state index is -0.235. The van der Waals surface area contributed by atoms with Crippen LogP contribution >= 0.6 is 0 Å². The minimum absolute atomic E-state index is 0.00811. The molecule has 0 radical (unpaired) electrons. The summed E-state index contributed by atoms with van der Waals surface area (Å²) in [5, 5.41) is 5.64. The van der Waals surface area contributed by atoms with Crippen LogP contribution in [0.15, 0.2) is 24.3 Å². The zero-order valence-electron chi connectivity index (χ0n) is 13.8. The van der Waals surface area contributed by atoms with E-state index < -0.39 is 0 Å². The van der Waals surface area contributed by atoms with Crippen LogP contribution in [0.3, 0.4) is 0 Å². The van der Waals surface area contributed by atoms with Gasteiger partial charge in [-0.2, -0.15) is 0 Å². The third kappa shape index (κ3) is 4.85. The van der Waals surface area contributed by atoms with Gasteiger partial charge in [-0.15, -0.1) is 0 Å². The molecule has 2 N–H and O–H groups in total. The molecule has 0 saturated carbocycles. The largest absolute Gasteiger partial charge is 0.497 e. The van der Waals surface area contributed by atoms with E-state index in [0.29, 0.717) is 19.5 Å². The molecule has 0 aromatic heterocycles. The molecule has 0 spiro atoms. The highest BCUT2D eigenvalue weighted by Crippen LogP contribution is 2.24. The predicted octanol–water partition coefficient (Wildman–Crippen LogP) is 0.661. The van der Waals surface area contributed by atoms with Crippen LogP contribution in [0.5, 0.6) is 5.75 Å². The number of nitrogens with one attached hydrogen (secondary N) is 2. The number of amides is 3. The quantitative estimate of drug-likeness (QED) is 0.808. The van der Waals surface area contributed by atoms with Gasteiger partial charge in [0, 0.05) is 31.7 Å². The van der Waals surface area contributed by atoms with Crippen LogP contribution in [0, 0.1) is 0 Å². The molecule has 1 saturated heterocycles. The molecule has 0 bridgehead atoms. The van der Waals surface area contributed by atoms with Gasteiger partial charge in [-0.25, -0.2) is 4.79 Å². The van der Waals surface area contributed by atoms with Crippen LogP contribution in [0.1, 0.15) is 6.42 Å². The third-order valence-electron chi connectivity index (χ3n) is 3.69. The van der Waals surface area contributed by atoms with Gasteiger partial charge in [-0.1, -0.05) is 0 Å². The lowest BCUT2D eigenvalue weighted by atomic mass is 10.2. The van der Waals surface area contributed by atoms with E-state index in [4.69, 9.17) is 4.74 Å². The highest BCUT2D eigenvalue weighted by molar-refractivity contribution is 5.96. The number of rotatable bonds is 6. The van der Waals surface area contributed by atoms with Crippen molar-refractivity contribution < 1.29 is 14.3 Å². The molecule has 1 aliphatic rings. The van der Waals surface area contributed by atoms with E-state index in [2.05, 4.69) is 10.6 Å². The smallest absolute Gasteiger partial charge is 0.315 e. The zero-order valence-corrected chi connectivity index (χ0v) is 13.8. The number of nitrogens with zero attached hydrogens (tertiary/aromatic N) is 2. The Hall–Kier alpha value is -2.28. The van der Waals surface area contributed by atoms with Crippen molar-refractivity contribution in [2.45, 2.75) is 12.5 Å². The Morgan fingerprint density at radius 2 is 2.04 bits per heavy atom. The van der Waals surface area contributed by atoms with E-state index in [-0.39, 0.29) is 18.0 Å². The maximum Gasteiger partial charge on any atom is 0.315 e. The second-order valence-electron chi connectivity index (χ2n) is 5.81. The van der Waals surface area contributed by atoms with Crippen molar-refractivity contribution >= 4 is 17.6 Å². The number of hydrogen-bond acceptors (Lipinski definition) is 4. The summed E-state index contributed by atoms with van der Waals surface area (Å²) in [5.74, 6) is 0.754. The van der Waals surface area contributed by atoms with Crippen LogP contribution < -0.4 is 20.3 Å². The Bertz CT molecular complexity index is 545. The molecular weight excluding hydrogens is 296 g/mol. The van der Waals surface area contributed by atoms with Crippen molar-refractivity contribution in [1.29, 1.82) is 0 Å². The SMILES string of the molecule is COc1ccc(N2C[C@@H](NC(=O)NCCN(C)C)CC2=O)cc1. The maximum atomic E-state index is 12.1. The number of hydrogen-bond donors (Lipinski definition) is 2. The monoisotopic (exact) mass is 320 g/mol. The van der Waals surface area contributed by atoms with Crippen LogP contribution in [0.25, 0.3) is 0 Å². The first kappa shape index (κ1) is 17.1. The molecule has 1 atom stereocenters. The average Bonchev–Trinajstić information content (AvgIpc) is 2.87. The van der Waals surface area contributed by atoms with Crippen molar-refractivity contribution in [2.75, 3.05) is 45.7 Å². The van der Waals surface area contributed by atoms with Crippen molar-refractivity contribution in [3.05, 3.63) is 24.3 Å². The van der Waals surface area contributed by atoms with Crippen LogP contribution in [-0.4, -0.2) is 63.7 Å². The van der Waals surface area contributed by atoms with Gasteiger partial charge in [0.2, 0.25) is 5.91 Å². The van der Waals surface area contributed by atoms with Gasteiger partial charge in [0.05, 0.1) is 13.2 Å². The summed E-state index contributed by atoms with van der Waals surface area (Å²) in [4.78, 5) is 27.6. The number of anilines is 1. The Balaban J connectivity index is 1.85. The molecule has 1 aliphatic heterocycles. The summed E-state index contributed by atoms with van der Waals surface area (Å²) < 4.78 is 5.11. The number of carbonyl (C=O) groups excluding carboxylic acids is 2. The van der Waals surface area contributed by atoms with Crippen LogP contribution in [0.4, 0.5) is 10.5 Å². The molecule has 1 fully saturated rings.